The summed E-state index contributed by atoms with van der Waals surface area (Å²) in [5, 5.41) is 3.61. The van der Waals surface area contributed by atoms with Crippen molar-refractivity contribution >= 4 is 0 Å². The van der Waals surface area contributed by atoms with Crippen molar-refractivity contribution in [1.82, 2.24) is 5.32 Å². The third-order valence-corrected chi connectivity index (χ3v) is 3.75. The fourth-order valence-electron chi connectivity index (χ4n) is 3.02. The highest BCUT2D eigenvalue weighted by atomic mass is 15.0. The Kier molecular flexibility index (Phi) is 0.628. The number of piperidine rings is 1. The molecule has 2 unspecified atom stereocenters. The van der Waals surface area contributed by atoms with Crippen molar-refractivity contribution in [3.8, 4) is 0 Å². The summed E-state index contributed by atoms with van der Waals surface area (Å²) in [5.41, 5.74) is 0.861. The molecule has 1 heterocycles. The summed E-state index contributed by atoms with van der Waals surface area (Å²) in [4.78, 5) is 0. The molecule has 0 aromatic carbocycles. The molecule has 0 radical (unpaired) electrons. The molecule has 3 aliphatic rings. The Morgan fingerprint density at radius 3 is 2.33 bits per heavy atom. The van der Waals surface area contributed by atoms with Gasteiger partial charge in [0.15, 0.2) is 0 Å². The fourth-order valence-corrected chi connectivity index (χ4v) is 3.02. The SMILES string of the molecule is C1CC2NCC1C21CC1. The molecule has 50 valence electrons. The number of hydrogen-bond acceptors (Lipinski definition) is 1. The number of hydrogen-bond donors (Lipinski definition) is 1. The number of rotatable bonds is 0. The second-order valence-electron chi connectivity index (χ2n) is 3.97. The van der Waals surface area contributed by atoms with Gasteiger partial charge in [0.25, 0.3) is 0 Å². The lowest BCUT2D eigenvalue weighted by molar-refractivity contribution is 0.429. The summed E-state index contributed by atoms with van der Waals surface area (Å²) in [6.45, 7) is 1.34. The van der Waals surface area contributed by atoms with Crippen molar-refractivity contribution in [3.63, 3.8) is 0 Å². The van der Waals surface area contributed by atoms with Crippen molar-refractivity contribution < 1.29 is 0 Å². The van der Waals surface area contributed by atoms with E-state index in [0.29, 0.717) is 0 Å². The van der Waals surface area contributed by atoms with E-state index in [0.717, 1.165) is 17.4 Å². The molecular weight excluding hydrogens is 110 g/mol. The molecule has 3 rings (SSSR count). The van der Waals surface area contributed by atoms with Crippen LogP contribution in [0.1, 0.15) is 25.7 Å². The van der Waals surface area contributed by atoms with E-state index in [1.807, 2.05) is 0 Å². The Hall–Kier alpha value is -0.0400. The highest BCUT2D eigenvalue weighted by Gasteiger charge is 2.61. The van der Waals surface area contributed by atoms with Gasteiger partial charge >= 0.3 is 0 Å². The van der Waals surface area contributed by atoms with Crippen molar-refractivity contribution in [3.05, 3.63) is 0 Å². The van der Waals surface area contributed by atoms with Crippen molar-refractivity contribution in [2.24, 2.45) is 11.3 Å². The molecule has 1 N–H and O–H groups in total. The van der Waals surface area contributed by atoms with Gasteiger partial charge in [0.05, 0.1) is 0 Å². The average molecular weight is 123 g/mol. The highest BCUT2D eigenvalue weighted by Crippen LogP contribution is 2.63. The standard InChI is InChI=1S/C8H13N/c1-2-7-8(3-4-8)6(1)5-9-7/h6-7,9H,1-5H2. The van der Waals surface area contributed by atoms with E-state index in [9.17, 15) is 0 Å². The first-order chi connectivity index (χ1) is 4.42. The Balaban J connectivity index is 2.03. The number of nitrogens with one attached hydrogen (secondary N) is 1. The van der Waals surface area contributed by atoms with E-state index in [4.69, 9.17) is 0 Å². The highest BCUT2D eigenvalue weighted by molar-refractivity contribution is 5.15. The lowest BCUT2D eigenvalue weighted by Gasteiger charge is -2.09. The Bertz CT molecular complexity index is 127. The molecule has 0 aromatic heterocycles. The van der Waals surface area contributed by atoms with Crippen LogP contribution in [0.4, 0.5) is 0 Å². The van der Waals surface area contributed by atoms with Gasteiger partial charge in [-0.05, 0) is 43.6 Å². The van der Waals surface area contributed by atoms with Crippen LogP contribution in [-0.2, 0) is 0 Å². The predicted octanol–water partition coefficient (Wildman–Crippen LogP) is 1.15. The first-order valence-corrected chi connectivity index (χ1v) is 4.15. The molecule has 1 aliphatic heterocycles. The van der Waals surface area contributed by atoms with E-state index in [-0.39, 0.29) is 0 Å². The molecule has 9 heavy (non-hydrogen) atoms. The minimum atomic E-state index is 0.861. The average Bonchev–Trinajstić information content (AvgIpc) is 2.53. The maximum Gasteiger partial charge on any atom is 0.0127 e. The smallest absolute Gasteiger partial charge is 0.0127 e. The van der Waals surface area contributed by atoms with Gasteiger partial charge in [-0.25, -0.2) is 0 Å². The fraction of sp³-hybridized carbons (Fsp3) is 1.00. The molecule has 2 bridgehead atoms. The third kappa shape index (κ3) is 0.389. The van der Waals surface area contributed by atoms with Crippen LogP contribution in [0.2, 0.25) is 0 Å². The lowest BCUT2D eigenvalue weighted by Crippen LogP contribution is -2.26. The minimum absolute atomic E-state index is 0.861. The first-order valence-electron chi connectivity index (χ1n) is 4.15. The zero-order valence-corrected chi connectivity index (χ0v) is 5.69. The van der Waals surface area contributed by atoms with E-state index in [1.165, 1.54) is 32.2 Å². The molecule has 2 saturated carbocycles. The second-order valence-corrected chi connectivity index (χ2v) is 3.97. The molecule has 0 amide bonds. The molecule has 2 atom stereocenters. The summed E-state index contributed by atoms with van der Waals surface area (Å²) >= 11 is 0. The van der Waals surface area contributed by atoms with Crippen LogP contribution >= 0.6 is 0 Å². The molecule has 1 nitrogen and oxygen atoms in total. The molecule has 2 aliphatic carbocycles. The summed E-state index contributed by atoms with van der Waals surface area (Å²) < 4.78 is 0. The lowest BCUT2D eigenvalue weighted by atomic mass is 9.95. The van der Waals surface area contributed by atoms with Crippen molar-refractivity contribution in [2.75, 3.05) is 6.54 Å². The van der Waals surface area contributed by atoms with Crippen LogP contribution < -0.4 is 5.32 Å². The quantitative estimate of drug-likeness (QED) is 0.509. The van der Waals surface area contributed by atoms with Crippen LogP contribution in [0, 0.1) is 11.3 Å². The summed E-state index contributed by atoms with van der Waals surface area (Å²) in [6, 6.07) is 0.947. The third-order valence-electron chi connectivity index (χ3n) is 3.75. The van der Waals surface area contributed by atoms with E-state index in [2.05, 4.69) is 5.32 Å². The zero-order chi connectivity index (χ0) is 5.90. The summed E-state index contributed by atoms with van der Waals surface area (Å²) in [6.07, 6.45) is 6.08. The van der Waals surface area contributed by atoms with Gasteiger partial charge in [0.2, 0.25) is 0 Å². The van der Waals surface area contributed by atoms with Gasteiger partial charge in [-0.3, -0.25) is 0 Å². The summed E-state index contributed by atoms with van der Waals surface area (Å²) in [7, 11) is 0. The molecular formula is C8H13N. The normalized spacial score (nSPS) is 50.7. The van der Waals surface area contributed by atoms with Gasteiger partial charge in [-0.1, -0.05) is 0 Å². The second kappa shape index (κ2) is 1.20. The van der Waals surface area contributed by atoms with Gasteiger partial charge in [-0.15, -0.1) is 0 Å². The molecule has 1 spiro atoms. The summed E-state index contributed by atoms with van der Waals surface area (Å²) in [5.74, 6) is 1.09. The van der Waals surface area contributed by atoms with E-state index >= 15 is 0 Å². The van der Waals surface area contributed by atoms with Gasteiger partial charge in [0.1, 0.15) is 0 Å². The van der Waals surface area contributed by atoms with E-state index in [1.54, 1.807) is 0 Å². The van der Waals surface area contributed by atoms with Crippen molar-refractivity contribution in [1.29, 1.82) is 0 Å². The Labute approximate surface area is 55.8 Å². The zero-order valence-electron chi connectivity index (χ0n) is 5.69. The van der Waals surface area contributed by atoms with Crippen molar-refractivity contribution in [2.45, 2.75) is 31.7 Å². The molecule has 1 heteroatoms. The Morgan fingerprint density at radius 1 is 1.22 bits per heavy atom. The van der Waals surface area contributed by atoms with Crippen LogP contribution in [0.3, 0.4) is 0 Å². The largest absolute Gasteiger partial charge is 0.313 e. The van der Waals surface area contributed by atoms with E-state index < -0.39 is 0 Å². The molecule has 1 saturated heterocycles. The predicted molar refractivity (Wildman–Crippen MR) is 36.2 cm³/mol. The monoisotopic (exact) mass is 123 g/mol. The molecule has 3 fully saturated rings. The minimum Gasteiger partial charge on any atom is -0.313 e. The Morgan fingerprint density at radius 2 is 2.11 bits per heavy atom. The van der Waals surface area contributed by atoms with Gasteiger partial charge < -0.3 is 5.32 Å². The maximum atomic E-state index is 3.61. The maximum absolute atomic E-state index is 3.61. The first kappa shape index (κ1) is 4.73. The van der Waals surface area contributed by atoms with Crippen LogP contribution in [-0.4, -0.2) is 12.6 Å². The topological polar surface area (TPSA) is 12.0 Å². The van der Waals surface area contributed by atoms with Crippen LogP contribution in [0.15, 0.2) is 0 Å². The van der Waals surface area contributed by atoms with Gasteiger partial charge in [0, 0.05) is 6.04 Å². The molecule has 0 aromatic rings. The van der Waals surface area contributed by atoms with Gasteiger partial charge in [-0.2, -0.15) is 0 Å². The van der Waals surface area contributed by atoms with Crippen LogP contribution in [0.25, 0.3) is 0 Å². The van der Waals surface area contributed by atoms with Crippen LogP contribution in [0.5, 0.6) is 0 Å².